The van der Waals surface area contributed by atoms with Crippen LogP contribution >= 0.6 is 0 Å². The Kier molecular flexibility index (Phi) is 4.44. The first kappa shape index (κ1) is 13.5. The summed E-state index contributed by atoms with van der Waals surface area (Å²) in [4.78, 5) is 13.4. The van der Waals surface area contributed by atoms with Crippen LogP contribution in [-0.2, 0) is 6.42 Å². The van der Waals surface area contributed by atoms with Crippen molar-refractivity contribution in [3.05, 3.63) is 47.2 Å². The molecule has 4 heteroatoms. The van der Waals surface area contributed by atoms with Gasteiger partial charge in [0.1, 0.15) is 5.82 Å². The van der Waals surface area contributed by atoms with Gasteiger partial charge in [-0.05, 0) is 31.9 Å². The quantitative estimate of drug-likeness (QED) is 0.893. The molecule has 0 aliphatic rings. The van der Waals surface area contributed by atoms with E-state index in [0.29, 0.717) is 0 Å². The Balaban J connectivity index is 2.29. The van der Waals surface area contributed by atoms with Crippen molar-refractivity contribution in [3.8, 4) is 0 Å². The molecule has 0 radical (unpaired) electrons. The maximum absolute atomic E-state index is 4.67. The van der Waals surface area contributed by atoms with E-state index in [1.54, 1.807) is 6.20 Å². The zero-order chi connectivity index (χ0) is 13.7. The van der Waals surface area contributed by atoms with E-state index in [2.05, 4.69) is 33.3 Å². The number of nitrogens with zero attached hydrogens (tertiary/aromatic N) is 3. The molecule has 0 atom stereocenters. The first-order valence-electron chi connectivity index (χ1n) is 6.67. The topological polar surface area (TPSA) is 50.7 Å². The average Bonchev–Trinajstić information content (AvgIpc) is 2.42. The van der Waals surface area contributed by atoms with Crippen LogP contribution in [-0.4, -0.2) is 21.5 Å². The number of nitrogens with one attached hydrogen (secondary N) is 1. The zero-order valence-corrected chi connectivity index (χ0v) is 11.8. The number of aromatic nitrogens is 3. The third kappa shape index (κ3) is 3.50. The third-order valence-corrected chi connectivity index (χ3v) is 3.02. The second-order valence-corrected chi connectivity index (χ2v) is 4.65. The summed E-state index contributed by atoms with van der Waals surface area (Å²) in [5.74, 6) is 0.897. The van der Waals surface area contributed by atoms with Crippen molar-refractivity contribution >= 4 is 5.82 Å². The number of hydrogen-bond acceptors (Lipinski definition) is 4. The van der Waals surface area contributed by atoms with Crippen molar-refractivity contribution < 1.29 is 0 Å². The molecule has 2 aromatic heterocycles. The van der Waals surface area contributed by atoms with Gasteiger partial charge in [0.25, 0.3) is 0 Å². The van der Waals surface area contributed by atoms with Gasteiger partial charge in [0.2, 0.25) is 0 Å². The second-order valence-electron chi connectivity index (χ2n) is 4.65. The van der Waals surface area contributed by atoms with E-state index in [4.69, 9.17) is 0 Å². The molecule has 4 nitrogen and oxygen atoms in total. The molecule has 2 aromatic rings. The molecule has 0 aliphatic carbocycles. The Hall–Kier alpha value is -1.97. The van der Waals surface area contributed by atoms with Crippen LogP contribution in [0.4, 0.5) is 5.82 Å². The molecule has 0 unspecified atom stereocenters. The number of hydrogen-bond donors (Lipinski definition) is 1. The maximum atomic E-state index is 4.67. The van der Waals surface area contributed by atoms with Crippen molar-refractivity contribution in [2.24, 2.45) is 0 Å². The van der Waals surface area contributed by atoms with E-state index in [-0.39, 0.29) is 0 Å². The van der Waals surface area contributed by atoms with Gasteiger partial charge in [0.05, 0.1) is 17.1 Å². The highest BCUT2D eigenvalue weighted by molar-refractivity contribution is 5.44. The molecule has 2 heterocycles. The van der Waals surface area contributed by atoms with E-state index in [0.717, 1.165) is 47.8 Å². The van der Waals surface area contributed by atoms with E-state index in [1.165, 1.54) is 0 Å². The van der Waals surface area contributed by atoms with Crippen molar-refractivity contribution in [2.75, 3.05) is 11.9 Å². The van der Waals surface area contributed by atoms with Crippen LogP contribution in [0.2, 0.25) is 0 Å². The van der Waals surface area contributed by atoms with E-state index in [1.807, 2.05) is 26.1 Å². The first-order chi connectivity index (χ1) is 9.20. The van der Waals surface area contributed by atoms with Crippen LogP contribution in [0.5, 0.6) is 0 Å². The Morgan fingerprint density at radius 3 is 2.63 bits per heavy atom. The maximum Gasteiger partial charge on any atom is 0.148 e. The van der Waals surface area contributed by atoms with Crippen molar-refractivity contribution in [3.63, 3.8) is 0 Å². The second kappa shape index (κ2) is 6.27. The third-order valence-electron chi connectivity index (χ3n) is 3.02. The molecule has 0 aliphatic heterocycles. The van der Waals surface area contributed by atoms with E-state index < -0.39 is 0 Å². The summed E-state index contributed by atoms with van der Waals surface area (Å²) in [7, 11) is 0. The summed E-state index contributed by atoms with van der Waals surface area (Å²) >= 11 is 0. The van der Waals surface area contributed by atoms with Gasteiger partial charge in [-0.15, -0.1) is 0 Å². The highest BCUT2D eigenvalue weighted by Gasteiger charge is 2.09. The van der Waals surface area contributed by atoms with Crippen LogP contribution in [0.1, 0.15) is 36.0 Å². The number of rotatable bonds is 5. The van der Waals surface area contributed by atoms with Crippen molar-refractivity contribution in [2.45, 2.75) is 33.6 Å². The summed E-state index contributed by atoms with van der Waals surface area (Å²) in [6.07, 6.45) is 5.49. The van der Waals surface area contributed by atoms with Crippen LogP contribution in [0, 0.1) is 13.8 Å². The largest absolute Gasteiger partial charge is 0.369 e. The van der Waals surface area contributed by atoms with Crippen molar-refractivity contribution in [1.29, 1.82) is 0 Å². The summed E-state index contributed by atoms with van der Waals surface area (Å²) in [5, 5.41) is 3.36. The van der Waals surface area contributed by atoms with Crippen LogP contribution in [0.25, 0.3) is 0 Å². The van der Waals surface area contributed by atoms with Crippen LogP contribution in [0.15, 0.2) is 24.5 Å². The summed E-state index contributed by atoms with van der Waals surface area (Å²) in [6, 6.07) is 4.01. The minimum absolute atomic E-state index is 0.758. The van der Waals surface area contributed by atoms with Gasteiger partial charge in [-0.2, -0.15) is 0 Å². The molecule has 19 heavy (non-hydrogen) atoms. The Morgan fingerprint density at radius 2 is 1.95 bits per heavy atom. The monoisotopic (exact) mass is 256 g/mol. The fourth-order valence-electron chi connectivity index (χ4n) is 1.85. The van der Waals surface area contributed by atoms with Gasteiger partial charge in [0, 0.05) is 25.4 Å². The van der Waals surface area contributed by atoms with Gasteiger partial charge in [-0.1, -0.05) is 13.0 Å². The van der Waals surface area contributed by atoms with Crippen molar-refractivity contribution in [1.82, 2.24) is 15.0 Å². The molecule has 0 amide bonds. The normalized spacial score (nSPS) is 10.5. The molecule has 0 fully saturated rings. The molecular formula is C15H20N4. The van der Waals surface area contributed by atoms with Crippen LogP contribution in [0.3, 0.4) is 0 Å². The number of pyridine rings is 1. The molecule has 0 bridgehead atoms. The van der Waals surface area contributed by atoms with Gasteiger partial charge >= 0.3 is 0 Å². The summed E-state index contributed by atoms with van der Waals surface area (Å²) < 4.78 is 0. The van der Waals surface area contributed by atoms with E-state index in [9.17, 15) is 0 Å². The molecule has 1 N–H and O–H groups in total. The molecule has 0 spiro atoms. The van der Waals surface area contributed by atoms with Gasteiger partial charge in [-0.25, -0.2) is 4.98 Å². The van der Waals surface area contributed by atoms with Crippen LogP contribution < -0.4 is 5.32 Å². The zero-order valence-electron chi connectivity index (χ0n) is 11.8. The lowest BCUT2D eigenvalue weighted by Gasteiger charge is -2.12. The molecular weight excluding hydrogens is 236 g/mol. The Labute approximate surface area is 114 Å². The molecule has 0 saturated carbocycles. The Morgan fingerprint density at radius 1 is 1.16 bits per heavy atom. The smallest absolute Gasteiger partial charge is 0.148 e. The minimum Gasteiger partial charge on any atom is -0.369 e. The summed E-state index contributed by atoms with van der Waals surface area (Å²) in [5.41, 5.74) is 4.11. The highest BCUT2D eigenvalue weighted by Crippen LogP contribution is 2.17. The Bertz CT molecular complexity index is 537. The lowest BCUT2D eigenvalue weighted by atomic mass is 10.1. The first-order valence-corrected chi connectivity index (χ1v) is 6.67. The van der Waals surface area contributed by atoms with E-state index >= 15 is 0 Å². The predicted molar refractivity (Wildman–Crippen MR) is 77.3 cm³/mol. The lowest BCUT2D eigenvalue weighted by Crippen LogP contribution is -2.10. The van der Waals surface area contributed by atoms with Gasteiger partial charge in [-0.3, -0.25) is 9.97 Å². The lowest BCUT2D eigenvalue weighted by molar-refractivity contribution is 0.916. The fraction of sp³-hybridized carbons (Fsp3) is 0.400. The SMILES string of the molecule is CCCNc1nc(C)c(C)nc1Cc1cccnc1. The molecule has 2 rings (SSSR count). The minimum atomic E-state index is 0.758. The van der Waals surface area contributed by atoms with Gasteiger partial charge < -0.3 is 5.32 Å². The predicted octanol–water partition coefficient (Wildman–Crippen LogP) is 2.90. The molecule has 100 valence electrons. The fourth-order valence-corrected chi connectivity index (χ4v) is 1.85. The summed E-state index contributed by atoms with van der Waals surface area (Å²) in [6.45, 7) is 7.05. The number of anilines is 1. The number of aryl methyl sites for hydroxylation is 2. The average molecular weight is 256 g/mol. The molecule has 0 aromatic carbocycles. The standard InChI is InChI=1S/C15H20N4/c1-4-7-17-15-14(18-11(2)12(3)19-15)9-13-6-5-8-16-10-13/h5-6,8,10H,4,7,9H2,1-3H3,(H,17,19). The molecule has 0 saturated heterocycles. The van der Waals surface area contributed by atoms with Gasteiger partial charge in [0.15, 0.2) is 0 Å². The highest BCUT2D eigenvalue weighted by atomic mass is 15.0.